The topological polar surface area (TPSA) is 63.6 Å². The van der Waals surface area contributed by atoms with Crippen molar-refractivity contribution in [1.82, 2.24) is 19.7 Å². The molecule has 0 radical (unpaired) electrons. The van der Waals surface area contributed by atoms with E-state index in [1.54, 1.807) is 6.20 Å². The minimum Gasteiger partial charge on any atom is -0.272 e. The number of aromatic nitrogens is 4. The fourth-order valence-corrected chi connectivity index (χ4v) is 1.60. The molecule has 0 amide bonds. The summed E-state index contributed by atoms with van der Waals surface area (Å²) >= 11 is 0. The third-order valence-electron chi connectivity index (χ3n) is 2.34. The Kier molecular flexibility index (Phi) is 1.83. The second kappa shape index (κ2) is 3.30. The maximum Gasteiger partial charge on any atom is 0.299 e. The predicted octanol–water partition coefficient (Wildman–Crippen LogP) is 1.11. The summed E-state index contributed by atoms with van der Waals surface area (Å²) in [6.07, 6.45) is 3.06. The molecule has 0 unspecified atom stereocenters. The Hall–Kier alpha value is -2.43. The monoisotopic (exact) mass is 212 g/mol. The van der Waals surface area contributed by atoms with Crippen LogP contribution >= 0.6 is 0 Å². The summed E-state index contributed by atoms with van der Waals surface area (Å²) in [6.45, 7) is 0. The first kappa shape index (κ1) is 8.84. The van der Waals surface area contributed by atoms with Crippen LogP contribution in [0.15, 0.2) is 47.5 Å². The number of nitrogens with one attached hydrogen (secondary N) is 1. The van der Waals surface area contributed by atoms with Crippen molar-refractivity contribution in [1.29, 1.82) is 0 Å². The van der Waals surface area contributed by atoms with Gasteiger partial charge in [0.25, 0.3) is 5.56 Å². The zero-order chi connectivity index (χ0) is 11.0. The normalized spacial score (nSPS) is 10.8. The summed E-state index contributed by atoms with van der Waals surface area (Å²) in [5.74, 6) is 0. The smallest absolute Gasteiger partial charge is 0.272 e. The third-order valence-corrected chi connectivity index (χ3v) is 2.34. The maximum atomic E-state index is 12.0. The van der Waals surface area contributed by atoms with Gasteiger partial charge in [-0.1, -0.05) is 18.2 Å². The molecule has 0 spiro atoms. The van der Waals surface area contributed by atoms with Crippen LogP contribution in [0.3, 0.4) is 0 Å². The highest BCUT2D eigenvalue weighted by molar-refractivity contribution is 5.68. The number of hydrogen-bond acceptors (Lipinski definition) is 3. The number of hydrogen-bond donors (Lipinski definition) is 1. The summed E-state index contributed by atoms with van der Waals surface area (Å²) in [7, 11) is 0. The van der Waals surface area contributed by atoms with Gasteiger partial charge in [0.1, 0.15) is 0 Å². The van der Waals surface area contributed by atoms with E-state index in [2.05, 4.69) is 15.1 Å². The standard InChI is InChI=1S/C11H8N4O/c16-11-9-10(13-7-6-12-9)14-15(11)8-4-2-1-3-5-8/h1-7H,(H,13,14). The van der Waals surface area contributed by atoms with Crippen LogP contribution in [-0.2, 0) is 0 Å². The Morgan fingerprint density at radius 3 is 2.56 bits per heavy atom. The average Bonchev–Trinajstić information content (AvgIpc) is 2.69. The summed E-state index contributed by atoms with van der Waals surface area (Å²) in [5.41, 5.74) is 1.43. The van der Waals surface area contributed by atoms with Crippen molar-refractivity contribution in [3.05, 3.63) is 53.1 Å². The van der Waals surface area contributed by atoms with Gasteiger partial charge in [-0.2, -0.15) is 0 Å². The van der Waals surface area contributed by atoms with Crippen LogP contribution in [0, 0.1) is 0 Å². The van der Waals surface area contributed by atoms with E-state index in [9.17, 15) is 4.79 Å². The van der Waals surface area contributed by atoms with E-state index >= 15 is 0 Å². The van der Waals surface area contributed by atoms with E-state index in [4.69, 9.17) is 0 Å². The van der Waals surface area contributed by atoms with Crippen LogP contribution in [0.4, 0.5) is 0 Å². The second-order valence-corrected chi connectivity index (χ2v) is 3.34. The van der Waals surface area contributed by atoms with Crippen molar-refractivity contribution in [2.75, 3.05) is 0 Å². The highest BCUT2D eigenvalue weighted by atomic mass is 16.1. The van der Waals surface area contributed by atoms with Gasteiger partial charge in [-0.25, -0.2) is 14.6 Å². The first-order valence-electron chi connectivity index (χ1n) is 4.83. The molecular weight excluding hydrogens is 204 g/mol. The summed E-state index contributed by atoms with van der Waals surface area (Å²) in [4.78, 5) is 20.0. The minimum atomic E-state index is -0.186. The molecule has 2 heterocycles. The van der Waals surface area contributed by atoms with Gasteiger partial charge in [-0.15, -0.1) is 0 Å². The van der Waals surface area contributed by atoms with Crippen molar-refractivity contribution >= 4 is 11.2 Å². The molecule has 2 aromatic heterocycles. The molecule has 0 aliphatic carbocycles. The van der Waals surface area contributed by atoms with E-state index < -0.39 is 0 Å². The van der Waals surface area contributed by atoms with Crippen molar-refractivity contribution in [2.45, 2.75) is 0 Å². The quantitative estimate of drug-likeness (QED) is 0.657. The van der Waals surface area contributed by atoms with E-state index in [0.717, 1.165) is 5.69 Å². The SMILES string of the molecule is O=c1c2nccnc2[nH]n1-c1ccccc1. The van der Waals surface area contributed by atoms with Crippen molar-refractivity contribution in [3.63, 3.8) is 0 Å². The molecule has 0 atom stereocenters. The Labute approximate surface area is 90.4 Å². The lowest BCUT2D eigenvalue weighted by Crippen LogP contribution is -2.14. The molecule has 0 aliphatic rings. The lowest BCUT2D eigenvalue weighted by molar-refractivity contribution is 0.858. The number of rotatable bonds is 1. The molecule has 16 heavy (non-hydrogen) atoms. The van der Waals surface area contributed by atoms with Crippen LogP contribution in [0.5, 0.6) is 0 Å². The molecule has 0 saturated heterocycles. The van der Waals surface area contributed by atoms with E-state index in [1.165, 1.54) is 10.9 Å². The Bertz CT molecular complexity index is 684. The van der Waals surface area contributed by atoms with E-state index in [1.807, 2.05) is 30.3 Å². The minimum absolute atomic E-state index is 0.186. The second-order valence-electron chi connectivity index (χ2n) is 3.34. The number of aromatic amines is 1. The Balaban J connectivity index is 2.34. The van der Waals surface area contributed by atoms with Gasteiger partial charge >= 0.3 is 0 Å². The highest BCUT2D eigenvalue weighted by Gasteiger charge is 2.08. The van der Waals surface area contributed by atoms with E-state index in [0.29, 0.717) is 11.2 Å². The first-order chi connectivity index (χ1) is 7.86. The van der Waals surface area contributed by atoms with Crippen LogP contribution in [0.25, 0.3) is 16.9 Å². The molecule has 1 aromatic carbocycles. The van der Waals surface area contributed by atoms with Gasteiger partial charge < -0.3 is 0 Å². The largest absolute Gasteiger partial charge is 0.299 e. The van der Waals surface area contributed by atoms with Gasteiger partial charge in [0.2, 0.25) is 0 Å². The molecule has 3 aromatic rings. The molecule has 1 N–H and O–H groups in total. The van der Waals surface area contributed by atoms with Crippen LogP contribution in [-0.4, -0.2) is 19.7 Å². The zero-order valence-electron chi connectivity index (χ0n) is 8.29. The number of nitrogens with zero attached hydrogens (tertiary/aromatic N) is 3. The molecule has 0 aliphatic heterocycles. The molecule has 0 fully saturated rings. The van der Waals surface area contributed by atoms with Crippen LogP contribution in [0.1, 0.15) is 0 Å². The Morgan fingerprint density at radius 1 is 1.06 bits per heavy atom. The number of fused-ring (bicyclic) bond motifs is 1. The fourth-order valence-electron chi connectivity index (χ4n) is 1.60. The van der Waals surface area contributed by atoms with Crippen molar-refractivity contribution in [2.24, 2.45) is 0 Å². The molecule has 0 bridgehead atoms. The lowest BCUT2D eigenvalue weighted by Gasteiger charge is -1.98. The van der Waals surface area contributed by atoms with Gasteiger partial charge in [0.05, 0.1) is 5.69 Å². The summed E-state index contributed by atoms with van der Waals surface area (Å²) < 4.78 is 1.44. The van der Waals surface area contributed by atoms with Gasteiger partial charge in [0, 0.05) is 12.4 Å². The van der Waals surface area contributed by atoms with Crippen LogP contribution in [0.2, 0.25) is 0 Å². The fraction of sp³-hybridized carbons (Fsp3) is 0. The first-order valence-corrected chi connectivity index (χ1v) is 4.83. The Morgan fingerprint density at radius 2 is 1.81 bits per heavy atom. The van der Waals surface area contributed by atoms with Crippen molar-refractivity contribution < 1.29 is 0 Å². The molecule has 5 heteroatoms. The number of benzene rings is 1. The highest BCUT2D eigenvalue weighted by Crippen LogP contribution is 2.05. The lowest BCUT2D eigenvalue weighted by atomic mass is 10.3. The summed E-state index contributed by atoms with van der Waals surface area (Å²) in [5, 5.41) is 2.91. The molecule has 3 rings (SSSR count). The molecule has 5 nitrogen and oxygen atoms in total. The molecular formula is C11H8N4O. The van der Waals surface area contributed by atoms with Gasteiger partial charge in [0.15, 0.2) is 11.2 Å². The van der Waals surface area contributed by atoms with Crippen LogP contribution < -0.4 is 5.56 Å². The predicted molar refractivity (Wildman–Crippen MR) is 59.5 cm³/mol. The van der Waals surface area contributed by atoms with Crippen molar-refractivity contribution in [3.8, 4) is 5.69 Å². The number of para-hydroxylation sites is 1. The molecule has 0 saturated carbocycles. The molecule has 78 valence electrons. The van der Waals surface area contributed by atoms with E-state index in [-0.39, 0.29) is 5.56 Å². The third kappa shape index (κ3) is 1.22. The summed E-state index contributed by atoms with van der Waals surface area (Å²) in [6, 6.07) is 9.32. The van der Waals surface area contributed by atoms with Gasteiger partial charge in [-0.3, -0.25) is 9.89 Å². The maximum absolute atomic E-state index is 12.0. The number of H-pyrrole nitrogens is 1. The average molecular weight is 212 g/mol. The zero-order valence-corrected chi connectivity index (χ0v) is 8.29. The van der Waals surface area contributed by atoms with Gasteiger partial charge in [-0.05, 0) is 12.1 Å².